The molecule has 0 spiro atoms. The van der Waals surface area contributed by atoms with Gasteiger partial charge in [0.2, 0.25) is 0 Å². The summed E-state index contributed by atoms with van der Waals surface area (Å²) in [7, 11) is -1.15. The largest absolute Gasteiger partial charge is 0.386 e. The van der Waals surface area contributed by atoms with Crippen molar-refractivity contribution in [3.63, 3.8) is 0 Å². The summed E-state index contributed by atoms with van der Waals surface area (Å²) in [5, 5.41) is 10.3. The molecule has 4 heteroatoms. The molecule has 1 aliphatic rings. The average molecular weight is 276 g/mol. The SMILES string of the molecule is O=S1c2ccccc2SC1C(O)c1ccccc1. The third-order valence-electron chi connectivity index (χ3n) is 2.92. The summed E-state index contributed by atoms with van der Waals surface area (Å²) >= 11 is 1.50. The van der Waals surface area contributed by atoms with E-state index in [1.54, 1.807) is 0 Å². The van der Waals surface area contributed by atoms with E-state index in [0.29, 0.717) is 0 Å². The Bertz CT molecular complexity index is 583. The Balaban J connectivity index is 1.91. The fourth-order valence-corrected chi connectivity index (χ4v) is 5.36. The zero-order valence-corrected chi connectivity index (χ0v) is 11.2. The van der Waals surface area contributed by atoms with Gasteiger partial charge in [-0.1, -0.05) is 42.5 Å². The van der Waals surface area contributed by atoms with Crippen LogP contribution in [0.4, 0.5) is 0 Å². The average Bonchev–Trinajstić information content (AvgIpc) is 2.77. The van der Waals surface area contributed by atoms with Crippen LogP contribution in [0.1, 0.15) is 11.7 Å². The van der Waals surface area contributed by atoms with Crippen LogP contribution in [0.3, 0.4) is 0 Å². The molecule has 1 N–H and O–H groups in total. The second kappa shape index (κ2) is 4.88. The Kier molecular flexibility index (Phi) is 3.24. The van der Waals surface area contributed by atoms with Crippen LogP contribution in [0.2, 0.25) is 0 Å². The van der Waals surface area contributed by atoms with E-state index in [0.717, 1.165) is 15.4 Å². The third-order valence-corrected chi connectivity index (χ3v) is 6.43. The molecule has 0 bridgehead atoms. The normalized spacial score (nSPS) is 23.6. The van der Waals surface area contributed by atoms with Crippen LogP contribution in [-0.4, -0.2) is 13.9 Å². The van der Waals surface area contributed by atoms with Crippen LogP contribution in [0, 0.1) is 0 Å². The highest BCUT2D eigenvalue weighted by atomic mass is 32.2. The van der Waals surface area contributed by atoms with Gasteiger partial charge in [0.15, 0.2) is 0 Å². The van der Waals surface area contributed by atoms with Crippen LogP contribution < -0.4 is 0 Å². The van der Waals surface area contributed by atoms with Crippen LogP contribution >= 0.6 is 11.8 Å². The van der Waals surface area contributed by atoms with Crippen molar-refractivity contribution in [1.29, 1.82) is 0 Å². The number of benzene rings is 2. The maximum Gasteiger partial charge on any atom is 0.119 e. The minimum atomic E-state index is -1.15. The molecule has 3 atom stereocenters. The first-order chi connectivity index (χ1) is 8.77. The van der Waals surface area contributed by atoms with Gasteiger partial charge >= 0.3 is 0 Å². The Morgan fingerprint density at radius 2 is 1.72 bits per heavy atom. The Hall–Kier alpha value is -1.10. The molecular weight excluding hydrogens is 264 g/mol. The number of rotatable bonds is 2. The molecule has 0 radical (unpaired) electrons. The highest BCUT2D eigenvalue weighted by Gasteiger charge is 2.35. The van der Waals surface area contributed by atoms with Crippen LogP contribution in [0.25, 0.3) is 0 Å². The van der Waals surface area contributed by atoms with E-state index in [1.165, 1.54) is 11.8 Å². The van der Waals surface area contributed by atoms with Gasteiger partial charge in [-0.05, 0) is 17.7 Å². The van der Waals surface area contributed by atoms with Crippen molar-refractivity contribution in [1.82, 2.24) is 0 Å². The van der Waals surface area contributed by atoms with E-state index >= 15 is 0 Å². The monoisotopic (exact) mass is 276 g/mol. The molecule has 0 fully saturated rings. The number of aliphatic hydroxyl groups is 1. The second-order valence-corrected chi connectivity index (χ2v) is 7.11. The smallest absolute Gasteiger partial charge is 0.119 e. The van der Waals surface area contributed by atoms with Gasteiger partial charge in [0.25, 0.3) is 0 Å². The summed E-state index contributed by atoms with van der Waals surface area (Å²) in [6.07, 6.45) is -0.704. The maximum absolute atomic E-state index is 12.3. The van der Waals surface area contributed by atoms with E-state index < -0.39 is 16.9 Å². The van der Waals surface area contributed by atoms with Crippen molar-refractivity contribution in [3.05, 3.63) is 60.2 Å². The lowest BCUT2D eigenvalue weighted by Gasteiger charge is -2.16. The van der Waals surface area contributed by atoms with E-state index in [2.05, 4.69) is 0 Å². The maximum atomic E-state index is 12.3. The summed E-state index contributed by atoms with van der Waals surface area (Å²) < 4.78 is 12.0. The van der Waals surface area contributed by atoms with E-state index in [9.17, 15) is 9.32 Å². The van der Waals surface area contributed by atoms with Gasteiger partial charge in [-0.3, -0.25) is 4.21 Å². The van der Waals surface area contributed by atoms with Gasteiger partial charge in [-0.2, -0.15) is 0 Å². The molecule has 0 aromatic heterocycles. The van der Waals surface area contributed by atoms with Crippen LogP contribution in [0.5, 0.6) is 0 Å². The van der Waals surface area contributed by atoms with Crippen molar-refractivity contribution >= 4 is 22.6 Å². The Labute approximate surface area is 113 Å². The molecule has 0 saturated heterocycles. The molecule has 0 aliphatic carbocycles. The Morgan fingerprint density at radius 3 is 2.44 bits per heavy atom. The summed E-state index contributed by atoms with van der Waals surface area (Å²) in [5.41, 5.74) is 0.816. The minimum absolute atomic E-state index is 0.315. The summed E-state index contributed by atoms with van der Waals surface area (Å²) in [6, 6.07) is 17.0. The van der Waals surface area contributed by atoms with Crippen molar-refractivity contribution in [3.8, 4) is 0 Å². The lowest BCUT2D eigenvalue weighted by Crippen LogP contribution is -2.16. The minimum Gasteiger partial charge on any atom is -0.386 e. The second-order valence-electron chi connectivity index (χ2n) is 4.09. The molecule has 1 aliphatic heterocycles. The molecule has 3 unspecified atom stereocenters. The Morgan fingerprint density at radius 1 is 1.06 bits per heavy atom. The summed E-state index contributed by atoms with van der Waals surface area (Å²) in [5.74, 6) is 0. The number of hydrogen-bond acceptors (Lipinski definition) is 3. The van der Waals surface area contributed by atoms with Gasteiger partial charge in [0, 0.05) is 4.90 Å². The zero-order valence-electron chi connectivity index (χ0n) is 9.52. The first kappa shape index (κ1) is 12.0. The van der Waals surface area contributed by atoms with Gasteiger partial charge in [-0.25, -0.2) is 0 Å². The highest BCUT2D eigenvalue weighted by Crippen LogP contribution is 2.45. The molecule has 92 valence electrons. The number of thioether (sulfide) groups is 1. The van der Waals surface area contributed by atoms with Crippen molar-refractivity contribution in [2.45, 2.75) is 20.5 Å². The molecule has 2 aromatic carbocycles. The summed E-state index contributed by atoms with van der Waals surface area (Å²) in [6.45, 7) is 0. The molecule has 0 amide bonds. The fourth-order valence-electron chi connectivity index (χ4n) is 2.00. The molecular formula is C14H12O2S2. The van der Waals surface area contributed by atoms with E-state index in [4.69, 9.17) is 0 Å². The standard InChI is InChI=1S/C14H12O2S2/c15-13(10-6-2-1-3-7-10)14-17-11-8-4-5-9-12(11)18(14)16/h1-9,13-15H. The lowest BCUT2D eigenvalue weighted by atomic mass is 10.1. The molecule has 0 saturated carbocycles. The van der Waals surface area contributed by atoms with Crippen molar-refractivity contribution in [2.24, 2.45) is 0 Å². The third kappa shape index (κ3) is 2.00. The predicted octanol–water partition coefficient (Wildman–Crippen LogP) is 2.96. The van der Waals surface area contributed by atoms with Gasteiger partial charge in [0.1, 0.15) is 10.7 Å². The summed E-state index contributed by atoms with van der Waals surface area (Å²) in [4.78, 5) is 1.85. The fraction of sp³-hybridized carbons (Fsp3) is 0.143. The lowest BCUT2D eigenvalue weighted by molar-refractivity contribution is 0.195. The number of fused-ring (bicyclic) bond motifs is 1. The van der Waals surface area contributed by atoms with E-state index in [1.807, 2.05) is 54.6 Å². The molecule has 18 heavy (non-hydrogen) atoms. The van der Waals surface area contributed by atoms with Gasteiger partial charge < -0.3 is 5.11 Å². The zero-order chi connectivity index (χ0) is 12.5. The first-order valence-corrected chi connectivity index (χ1v) is 7.76. The number of aliphatic hydroxyl groups excluding tert-OH is 1. The predicted molar refractivity (Wildman–Crippen MR) is 73.9 cm³/mol. The number of hydrogen-bond donors (Lipinski definition) is 1. The first-order valence-electron chi connectivity index (χ1n) is 5.66. The van der Waals surface area contributed by atoms with Gasteiger partial charge in [0.05, 0.1) is 15.7 Å². The molecule has 3 rings (SSSR count). The van der Waals surface area contributed by atoms with Crippen molar-refractivity contribution < 1.29 is 9.32 Å². The van der Waals surface area contributed by atoms with Gasteiger partial charge in [-0.15, -0.1) is 11.8 Å². The van der Waals surface area contributed by atoms with Crippen molar-refractivity contribution in [2.75, 3.05) is 0 Å². The highest BCUT2D eigenvalue weighted by molar-refractivity contribution is 8.13. The molecule has 1 heterocycles. The molecule has 2 nitrogen and oxygen atoms in total. The molecule has 2 aromatic rings. The topological polar surface area (TPSA) is 37.3 Å². The quantitative estimate of drug-likeness (QED) is 0.916. The van der Waals surface area contributed by atoms with Crippen LogP contribution in [0.15, 0.2) is 64.4 Å². The van der Waals surface area contributed by atoms with Crippen LogP contribution in [-0.2, 0) is 10.8 Å². The van der Waals surface area contributed by atoms with E-state index in [-0.39, 0.29) is 4.58 Å².